The largest absolute Gasteiger partial charge is 0.490 e. The van der Waals surface area contributed by atoms with Gasteiger partial charge in [-0.15, -0.1) is 0 Å². The summed E-state index contributed by atoms with van der Waals surface area (Å²) >= 11 is 0. The lowest BCUT2D eigenvalue weighted by atomic mass is 10.0. The van der Waals surface area contributed by atoms with Gasteiger partial charge in [0.25, 0.3) is 5.91 Å². The van der Waals surface area contributed by atoms with Crippen molar-refractivity contribution in [3.05, 3.63) is 58.7 Å². The molecule has 5 nitrogen and oxygen atoms in total. The Morgan fingerprint density at radius 2 is 1.69 bits per heavy atom. The zero-order valence-corrected chi connectivity index (χ0v) is 17.4. The summed E-state index contributed by atoms with van der Waals surface area (Å²) in [5, 5.41) is 0. The highest BCUT2D eigenvalue weighted by Crippen LogP contribution is 2.31. The molecule has 5 heteroatoms. The average molecular weight is 395 g/mol. The van der Waals surface area contributed by atoms with Gasteiger partial charge in [-0.1, -0.05) is 12.1 Å². The van der Waals surface area contributed by atoms with Gasteiger partial charge in [-0.3, -0.25) is 4.79 Å². The summed E-state index contributed by atoms with van der Waals surface area (Å²) in [4.78, 5) is 15.2. The van der Waals surface area contributed by atoms with Gasteiger partial charge in [0.15, 0.2) is 0 Å². The molecule has 29 heavy (non-hydrogen) atoms. The molecule has 0 spiro atoms. The van der Waals surface area contributed by atoms with Gasteiger partial charge in [-0.25, -0.2) is 0 Å². The summed E-state index contributed by atoms with van der Waals surface area (Å²) < 4.78 is 16.8. The topological polar surface area (TPSA) is 48.0 Å². The Hall–Kier alpha value is -2.53. The molecule has 1 amide bonds. The summed E-state index contributed by atoms with van der Waals surface area (Å²) in [6.45, 7) is 6.00. The van der Waals surface area contributed by atoms with Crippen LogP contribution in [0, 0.1) is 0 Å². The van der Waals surface area contributed by atoms with Gasteiger partial charge in [0.2, 0.25) is 0 Å². The quantitative estimate of drug-likeness (QED) is 0.665. The maximum atomic E-state index is 13.3. The van der Waals surface area contributed by atoms with Gasteiger partial charge in [-0.05, 0) is 61.2 Å². The zero-order chi connectivity index (χ0) is 20.4. The summed E-state index contributed by atoms with van der Waals surface area (Å²) in [6.07, 6.45) is 2.96. The third kappa shape index (κ3) is 4.40. The number of rotatable bonds is 7. The molecule has 2 aromatic carbocycles. The van der Waals surface area contributed by atoms with Gasteiger partial charge in [0, 0.05) is 45.2 Å². The van der Waals surface area contributed by atoms with E-state index in [0.29, 0.717) is 19.7 Å². The van der Waals surface area contributed by atoms with Crippen molar-refractivity contribution in [1.29, 1.82) is 0 Å². The fraction of sp³-hybridized carbons (Fsp3) is 0.458. The van der Waals surface area contributed by atoms with Crippen LogP contribution in [-0.2, 0) is 24.1 Å². The molecule has 0 aliphatic carbocycles. The van der Waals surface area contributed by atoms with Crippen molar-refractivity contribution >= 4 is 5.91 Å². The van der Waals surface area contributed by atoms with E-state index in [2.05, 4.69) is 26.0 Å². The molecule has 2 heterocycles. The molecule has 0 unspecified atom stereocenters. The van der Waals surface area contributed by atoms with Crippen molar-refractivity contribution in [3.63, 3.8) is 0 Å². The number of amides is 1. The van der Waals surface area contributed by atoms with Crippen molar-refractivity contribution in [1.82, 2.24) is 4.90 Å². The Balaban J connectivity index is 1.53. The highest BCUT2D eigenvalue weighted by molar-refractivity contribution is 5.94. The summed E-state index contributed by atoms with van der Waals surface area (Å²) in [7, 11) is 1.69. The fourth-order valence-corrected chi connectivity index (χ4v) is 4.18. The molecule has 4 rings (SSSR count). The first-order valence-electron chi connectivity index (χ1n) is 10.4. The first kappa shape index (κ1) is 19.8. The predicted octanol–water partition coefficient (Wildman–Crippen LogP) is 4.01. The van der Waals surface area contributed by atoms with Crippen LogP contribution in [0.1, 0.15) is 47.3 Å². The molecule has 0 bridgehead atoms. The van der Waals surface area contributed by atoms with Crippen LogP contribution in [0.15, 0.2) is 36.4 Å². The lowest BCUT2D eigenvalue weighted by Gasteiger charge is -2.23. The van der Waals surface area contributed by atoms with E-state index in [-0.39, 0.29) is 18.1 Å². The monoisotopic (exact) mass is 395 g/mol. The maximum Gasteiger partial charge on any atom is 0.254 e. The second kappa shape index (κ2) is 8.46. The number of hydrogen-bond acceptors (Lipinski definition) is 4. The second-order valence-corrected chi connectivity index (χ2v) is 8.10. The third-order valence-electron chi connectivity index (χ3n) is 5.54. The number of carbonyl (C=O) groups is 1. The van der Waals surface area contributed by atoms with E-state index in [1.807, 2.05) is 29.2 Å². The lowest BCUT2D eigenvalue weighted by molar-refractivity contribution is 0.0723. The van der Waals surface area contributed by atoms with Crippen LogP contribution in [0.2, 0.25) is 0 Å². The SMILES string of the molecule is COCCCN(Cc1ccc2c(c1)C[C@H](C)O2)C(=O)c1ccc2c(c1)C[C@H](C)O2. The molecule has 0 fully saturated rings. The van der Waals surface area contributed by atoms with Crippen LogP contribution in [0.4, 0.5) is 0 Å². The Morgan fingerprint density at radius 3 is 2.38 bits per heavy atom. The Morgan fingerprint density at radius 1 is 1.03 bits per heavy atom. The van der Waals surface area contributed by atoms with Gasteiger partial charge in [0.05, 0.1) is 0 Å². The predicted molar refractivity (Wildman–Crippen MR) is 112 cm³/mol. The molecule has 0 saturated carbocycles. The van der Waals surface area contributed by atoms with E-state index in [0.717, 1.165) is 47.5 Å². The van der Waals surface area contributed by atoms with Crippen molar-refractivity contribution in [2.45, 2.75) is 51.9 Å². The molecule has 2 aliphatic heterocycles. The first-order chi connectivity index (χ1) is 14.0. The molecule has 2 aromatic rings. The van der Waals surface area contributed by atoms with E-state index >= 15 is 0 Å². The molecule has 0 saturated heterocycles. The number of ether oxygens (including phenoxy) is 3. The minimum Gasteiger partial charge on any atom is -0.490 e. The molecule has 0 aromatic heterocycles. The van der Waals surface area contributed by atoms with Crippen LogP contribution in [0.5, 0.6) is 11.5 Å². The van der Waals surface area contributed by atoms with Gasteiger partial charge in [-0.2, -0.15) is 0 Å². The first-order valence-corrected chi connectivity index (χ1v) is 10.4. The number of benzene rings is 2. The van der Waals surface area contributed by atoms with E-state index in [1.165, 1.54) is 5.56 Å². The van der Waals surface area contributed by atoms with Crippen LogP contribution in [0.25, 0.3) is 0 Å². The van der Waals surface area contributed by atoms with Crippen LogP contribution in [-0.4, -0.2) is 43.3 Å². The summed E-state index contributed by atoms with van der Waals surface area (Å²) in [5.74, 6) is 1.91. The van der Waals surface area contributed by atoms with Crippen molar-refractivity contribution in [3.8, 4) is 11.5 Å². The van der Waals surface area contributed by atoms with Crippen LogP contribution < -0.4 is 9.47 Å². The smallest absolute Gasteiger partial charge is 0.254 e. The normalized spacial score (nSPS) is 19.3. The fourth-order valence-electron chi connectivity index (χ4n) is 4.18. The van der Waals surface area contributed by atoms with Crippen molar-refractivity contribution in [2.75, 3.05) is 20.3 Å². The van der Waals surface area contributed by atoms with Crippen molar-refractivity contribution in [2.24, 2.45) is 0 Å². The van der Waals surface area contributed by atoms with Gasteiger partial charge < -0.3 is 19.1 Å². The molecular formula is C24H29NO4. The lowest BCUT2D eigenvalue weighted by Crippen LogP contribution is -2.32. The van der Waals surface area contributed by atoms with E-state index < -0.39 is 0 Å². The molecular weight excluding hydrogens is 366 g/mol. The van der Waals surface area contributed by atoms with Crippen LogP contribution in [0.3, 0.4) is 0 Å². The number of carbonyl (C=O) groups excluding carboxylic acids is 1. The summed E-state index contributed by atoms with van der Waals surface area (Å²) in [5.41, 5.74) is 4.19. The van der Waals surface area contributed by atoms with E-state index in [9.17, 15) is 4.79 Å². The summed E-state index contributed by atoms with van der Waals surface area (Å²) in [6, 6.07) is 12.1. The zero-order valence-electron chi connectivity index (χ0n) is 17.4. The number of fused-ring (bicyclic) bond motifs is 2. The number of methoxy groups -OCH3 is 1. The highest BCUT2D eigenvalue weighted by atomic mass is 16.5. The standard InChI is InChI=1S/C24H29NO4/c1-16-11-20-13-18(5-7-22(20)28-16)15-25(9-4-10-27-3)24(26)19-6-8-23-21(14-19)12-17(2)29-23/h5-8,13-14,16-17H,4,9-12,15H2,1-3H3/t16-,17-/m0/s1. The van der Waals surface area contributed by atoms with Gasteiger partial charge >= 0.3 is 0 Å². The Labute approximate surface area is 172 Å². The average Bonchev–Trinajstić information content (AvgIpc) is 3.26. The molecule has 2 aliphatic rings. The van der Waals surface area contributed by atoms with E-state index in [4.69, 9.17) is 14.2 Å². The van der Waals surface area contributed by atoms with Crippen LogP contribution >= 0.6 is 0 Å². The minimum atomic E-state index is 0.0496. The number of hydrogen-bond donors (Lipinski definition) is 0. The third-order valence-corrected chi connectivity index (χ3v) is 5.54. The van der Waals surface area contributed by atoms with Gasteiger partial charge in [0.1, 0.15) is 23.7 Å². The molecule has 0 radical (unpaired) electrons. The molecule has 154 valence electrons. The van der Waals surface area contributed by atoms with Crippen molar-refractivity contribution < 1.29 is 19.0 Å². The highest BCUT2D eigenvalue weighted by Gasteiger charge is 2.24. The minimum absolute atomic E-state index is 0.0496. The maximum absolute atomic E-state index is 13.3. The second-order valence-electron chi connectivity index (χ2n) is 8.10. The molecule has 2 atom stereocenters. The number of nitrogens with zero attached hydrogens (tertiary/aromatic N) is 1. The van der Waals surface area contributed by atoms with E-state index in [1.54, 1.807) is 7.11 Å². The molecule has 0 N–H and O–H groups in total. The Bertz CT molecular complexity index is 894. The Kier molecular flexibility index (Phi) is 5.76.